The molecule has 0 saturated carbocycles. The van der Waals surface area contributed by atoms with Gasteiger partial charge in [-0.3, -0.25) is 0 Å². The number of fused-ring (bicyclic) bond motifs is 2. The average Bonchev–Trinajstić information content (AvgIpc) is 3.06. The van der Waals surface area contributed by atoms with E-state index in [-0.39, 0.29) is 23.7 Å². The molecule has 2 aliphatic rings. The molecule has 0 amide bonds. The van der Waals surface area contributed by atoms with E-state index in [2.05, 4.69) is 17.4 Å². The van der Waals surface area contributed by atoms with Gasteiger partial charge < -0.3 is 19.9 Å². The first-order valence-electron chi connectivity index (χ1n) is 8.25. The van der Waals surface area contributed by atoms with Crippen LogP contribution in [-0.2, 0) is 16.0 Å². The normalized spacial score (nSPS) is 32.0. The van der Waals surface area contributed by atoms with Gasteiger partial charge in [-0.05, 0) is 17.7 Å². The third-order valence-corrected chi connectivity index (χ3v) is 5.82. The minimum absolute atomic E-state index is 0.0960. The Morgan fingerprint density at radius 1 is 1.04 bits per heavy atom. The van der Waals surface area contributed by atoms with Crippen molar-refractivity contribution in [3.8, 4) is 0 Å². The van der Waals surface area contributed by atoms with E-state index in [9.17, 15) is 5.11 Å². The second-order valence-corrected chi connectivity index (χ2v) is 7.41. The lowest BCUT2D eigenvalue weighted by atomic mass is 9.99. The molecule has 126 valence electrons. The maximum Gasteiger partial charge on any atom is 0.172 e. The van der Waals surface area contributed by atoms with Gasteiger partial charge in [-0.15, -0.1) is 11.8 Å². The lowest BCUT2D eigenvalue weighted by Gasteiger charge is -2.38. The highest BCUT2D eigenvalue weighted by Crippen LogP contribution is 2.38. The number of ether oxygens (including phenoxy) is 2. The molecule has 2 saturated heterocycles. The zero-order valence-corrected chi connectivity index (χ0v) is 14.1. The third kappa shape index (κ3) is 3.36. The predicted molar refractivity (Wildman–Crippen MR) is 93.8 cm³/mol. The molecule has 0 unspecified atom stereocenters. The van der Waals surface area contributed by atoms with E-state index in [4.69, 9.17) is 9.47 Å². The van der Waals surface area contributed by atoms with E-state index >= 15 is 0 Å². The molecule has 2 bridgehead atoms. The summed E-state index contributed by atoms with van der Waals surface area (Å²) < 4.78 is 11.8. The van der Waals surface area contributed by atoms with Crippen LogP contribution in [0.4, 0.5) is 0 Å². The third-order valence-electron chi connectivity index (χ3n) is 4.51. The van der Waals surface area contributed by atoms with Gasteiger partial charge in [0, 0.05) is 11.4 Å². The van der Waals surface area contributed by atoms with Gasteiger partial charge in [0.05, 0.1) is 24.0 Å². The van der Waals surface area contributed by atoms with Crippen molar-refractivity contribution in [2.45, 2.75) is 41.2 Å². The van der Waals surface area contributed by atoms with Crippen molar-refractivity contribution in [3.05, 3.63) is 66.2 Å². The van der Waals surface area contributed by atoms with E-state index in [0.717, 1.165) is 4.90 Å². The predicted octanol–water partition coefficient (Wildman–Crippen LogP) is 2.42. The summed E-state index contributed by atoms with van der Waals surface area (Å²) in [7, 11) is 0. The van der Waals surface area contributed by atoms with Gasteiger partial charge in [-0.25, -0.2) is 0 Å². The number of thioether (sulfide) groups is 1. The van der Waals surface area contributed by atoms with Crippen molar-refractivity contribution in [1.82, 2.24) is 5.32 Å². The second-order valence-electron chi connectivity index (χ2n) is 6.15. The van der Waals surface area contributed by atoms with E-state index in [0.29, 0.717) is 13.2 Å². The van der Waals surface area contributed by atoms with Crippen LogP contribution in [0, 0.1) is 0 Å². The molecule has 2 fully saturated rings. The van der Waals surface area contributed by atoms with Crippen LogP contribution in [-0.4, -0.2) is 41.5 Å². The number of hydrogen-bond donors (Lipinski definition) is 2. The molecule has 0 aliphatic carbocycles. The number of rotatable bonds is 5. The largest absolute Gasteiger partial charge is 0.390 e. The van der Waals surface area contributed by atoms with Crippen LogP contribution in [0.1, 0.15) is 5.56 Å². The van der Waals surface area contributed by atoms with Gasteiger partial charge in [0.25, 0.3) is 0 Å². The number of nitrogens with one attached hydrogen (secondary N) is 1. The maximum absolute atomic E-state index is 10.9. The summed E-state index contributed by atoms with van der Waals surface area (Å²) in [5.74, 6) is 0. The molecule has 2 N–H and O–H groups in total. The lowest BCUT2D eigenvalue weighted by molar-refractivity contribution is -0.123. The molecule has 5 heteroatoms. The quantitative estimate of drug-likeness (QED) is 0.873. The van der Waals surface area contributed by atoms with E-state index in [1.807, 2.05) is 48.5 Å². The molecule has 2 aromatic rings. The fourth-order valence-corrected chi connectivity index (χ4v) is 4.44. The van der Waals surface area contributed by atoms with Crippen LogP contribution in [0.2, 0.25) is 0 Å². The maximum atomic E-state index is 10.9. The Labute approximate surface area is 146 Å². The van der Waals surface area contributed by atoms with Gasteiger partial charge in [-0.2, -0.15) is 0 Å². The minimum Gasteiger partial charge on any atom is -0.390 e. The summed E-state index contributed by atoms with van der Waals surface area (Å²) in [5.41, 5.74) is 1.19. The van der Waals surface area contributed by atoms with Crippen molar-refractivity contribution >= 4 is 11.8 Å². The van der Waals surface area contributed by atoms with E-state index in [1.54, 1.807) is 11.8 Å². The van der Waals surface area contributed by atoms with Crippen molar-refractivity contribution in [1.29, 1.82) is 0 Å². The number of hydrogen-bond acceptors (Lipinski definition) is 5. The molecule has 4 rings (SSSR count). The summed E-state index contributed by atoms with van der Waals surface area (Å²) in [6.45, 7) is 1.23. The summed E-state index contributed by atoms with van der Waals surface area (Å²) in [6.07, 6.45) is -0.962. The fourth-order valence-electron chi connectivity index (χ4n) is 3.25. The van der Waals surface area contributed by atoms with Gasteiger partial charge >= 0.3 is 0 Å². The zero-order valence-electron chi connectivity index (χ0n) is 13.2. The SMILES string of the molecule is O[C@H]1[C@@H](NCc2ccccc2)[C@@H]2CO[C@H](O2)[C@@H]1Sc1ccccc1. The van der Waals surface area contributed by atoms with E-state index < -0.39 is 6.10 Å². The molecule has 0 aromatic heterocycles. The molecule has 2 aromatic carbocycles. The van der Waals surface area contributed by atoms with Crippen LogP contribution in [0.3, 0.4) is 0 Å². The number of aliphatic hydroxyl groups excluding tert-OH is 1. The van der Waals surface area contributed by atoms with Crippen molar-refractivity contribution in [2.75, 3.05) is 6.61 Å². The molecule has 4 nitrogen and oxygen atoms in total. The topological polar surface area (TPSA) is 50.7 Å². The highest BCUT2D eigenvalue weighted by atomic mass is 32.2. The molecular weight excluding hydrogens is 322 g/mol. The van der Waals surface area contributed by atoms with Crippen molar-refractivity contribution < 1.29 is 14.6 Å². The van der Waals surface area contributed by atoms with Crippen LogP contribution < -0.4 is 5.32 Å². The number of aliphatic hydroxyl groups is 1. The van der Waals surface area contributed by atoms with Crippen LogP contribution in [0.5, 0.6) is 0 Å². The standard InChI is InChI=1S/C19H21NO3S/c21-17-16(20-11-13-7-3-1-4-8-13)15-12-22-19(23-15)18(17)24-14-9-5-2-6-10-14/h1-10,15-21H,11-12H2/t15-,16-,17-,18+,19+/m0/s1. The monoisotopic (exact) mass is 343 g/mol. The molecule has 5 atom stereocenters. The Bertz CT molecular complexity index is 654. The Kier molecular flexibility index (Phi) is 4.87. The van der Waals surface area contributed by atoms with Crippen LogP contribution in [0.25, 0.3) is 0 Å². The molecule has 2 aliphatic heterocycles. The Morgan fingerprint density at radius 3 is 2.50 bits per heavy atom. The molecule has 2 heterocycles. The molecular formula is C19H21NO3S. The van der Waals surface area contributed by atoms with Gasteiger partial charge in [-0.1, -0.05) is 48.5 Å². The van der Waals surface area contributed by atoms with Crippen molar-refractivity contribution in [3.63, 3.8) is 0 Å². The summed E-state index contributed by atoms with van der Waals surface area (Å²) in [6, 6.07) is 20.2. The van der Waals surface area contributed by atoms with Crippen molar-refractivity contribution in [2.24, 2.45) is 0 Å². The first kappa shape index (κ1) is 16.1. The van der Waals surface area contributed by atoms with Crippen LogP contribution in [0.15, 0.2) is 65.6 Å². The summed E-state index contributed by atoms with van der Waals surface area (Å²) >= 11 is 1.62. The number of benzene rings is 2. The lowest BCUT2D eigenvalue weighted by Crippen LogP contribution is -2.58. The zero-order chi connectivity index (χ0) is 16.4. The summed E-state index contributed by atoms with van der Waals surface area (Å²) in [4.78, 5) is 1.11. The first-order chi connectivity index (χ1) is 11.8. The smallest absolute Gasteiger partial charge is 0.172 e. The second kappa shape index (κ2) is 7.25. The molecule has 0 spiro atoms. The van der Waals surface area contributed by atoms with Crippen LogP contribution >= 0.6 is 11.8 Å². The van der Waals surface area contributed by atoms with Gasteiger partial charge in [0.1, 0.15) is 6.10 Å². The first-order valence-corrected chi connectivity index (χ1v) is 9.13. The highest BCUT2D eigenvalue weighted by molar-refractivity contribution is 8.00. The van der Waals surface area contributed by atoms with E-state index in [1.165, 1.54) is 5.56 Å². The summed E-state index contributed by atoms with van der Waals surface area (Å²) in [5, 5.41) is 14.2. The Balaban J connectivity index is 1.46. The fraction of sp³-hybridized carbons (Fsp3) is 0.368. The Morgan fingerprint density at radius 2 is 1.75 bits per heavy atom. The van der Waals surface area contributed by atoms with Gasteiger partial charge in [0.2, 0.25) is 0 Å². The Hall–Kier alpha value is -1.37. The minimum atomic E-state index is -0.523. The average molecular weight is 343 g/mol. The van der Waals surface area contributed by atoms with Gasteiger partial charge in [0.15, 0.2) is 6.29 Å². The molecule has 24 heavy (non-hydrogen) atoms. The molecule has 0 radical (unpaired) electrons. The highest BCUT2D eigenvalue weighted by Gasteiger charge is 2.50.